The number of carbonyl (C=O) groups is 1. The van der Waals surface area contributed by atoms with E-state index in [0.717, 1.165) is 0 Å². The number of hydrogen-bond acceptors (Lipinski definition) is 2. The van der Waals surface area contributed by atoms with Gasteiger partial charge in [0.2, 0.25) is 5.91 Å². The molecule has 0 spiro atoms. The summed E-state index contributed by atoms with van der Waals surface area (Å²) in [5.41, 5.74) is -0.142. The van der Waals surface area contributed by atoms with Crippen LogP contribution in [0.2, 0.25) is 0 Å². The Labute approximate surface area is 55.0 Å². The molecule has 1 heterocycles. The molecule has 1 aliphatic heterocycles. The zero-order chi connectivity index (χ0) is 7.07. The fraction of sp³-hybridized carbons (Fsp3) is 0.833. The third-order valence-electron chi connectivity index (χ3n) is 1.78. The molecule has 9 heavy (non-hydrogen) atoms. The van der Waals surface area contributed by atoms with Gasteiger partial charge >= 0.3 is 0 Å². The van der Waals surface area contributed by atoms with Crippen LogP contribution < -0.4 is 5.32 Å². The minimum absolute atomic E-state index is 0.113. The monoisotopic (exact) mass is 128 g/mol. The van der Waals surface area contributed by atoms with E-state index < -0.39 is 0 Å². The second kappa shape index (κ2) is 1.70. The first-order valence-corrected chi connectivity index (χ1v) is 3.04. The highest BCUT2D eigenvalue weighted by Gasteiger charge is 2.32. The van der Waals surface area contributed by atoms with Gasteiger partial charge in [-0.1, -0.05) is 0 Å². The van der Waals surface area contributed by atoms with E-state index in [9.17, 15) is 4.79 Å². The van der Waals surface area contributed by atoms with Gasteiger partial charge in [-0.2, -0.15) is 0 Å². The highest BCUT2D eigenvalue weighted by atomic mass is 16.2. The summed E-state index contributed by atoms with van der Waals surface area (Å²) in [7, 11) is 1.93. The zero-order valence-electron chi connectivity index (χ0n) is 6.06. The van der Waals surface area contributed by atoms with Crippen LogP contribution in [0.1, 0.15) is 13.8 Å². The summed E-state index contributed by atoms with van der Waals surface area (Å²) < 4.78 is 0. The Balaban J connectivity index is 2.69. The van der Waals surface area contributed by atoms with Gasteiger partial charge in [-0.15, -0.1) is 0 Å². The molecule has 1 aliphatic rings. The SMILES string of the molecule is CN1CC(=O)NC1(C)C. The maximum Gasteiger partial charge on any atom is 0.235 e. The standard InChI is InChI=1S/C6H12N2O/c1-6(2)7-5(9)4-8(6)3/h4H2,1-3H3,(H,7,9). The van der Waals surface area contributed by atoms with Crippen molar-refractivity contribution in [2.75, 3.05) is 13.6 Å². The van der Waals surface area contributed by atoms with Gasteiger partial charge in [0.15, 0.2) is 0 Å². The number of nitrogens with zero attached hydrogens (tertiary/aromatic N) is 1. The lowest BCUT2D eigenvalue weighted by Crippen LogP contribution is -2.44. The van der Waals surface area contributed by atoms with Gasteiger partial charge in [-0.05, 0) is 20.9 Å². The lowest BCUT2D eigenvalue weighted by molar-refractivity contribution is -0.118. The van der Waals surface area contributed by atoms with Crippen LogP contribution in [0.3, 0.4) is 0 Å². The van der Waals surface area contributed by atoms with Crippen molar-refractivity contribution in [2.45, 2.75) is 19.5 Å². The summed E-state index contributed by atoms with van der Waals surface area (Å²) >= 11 is 0. The fourth-order valence-electron chi connectivity index (χ4n) is 0.889. The number of carbonyl (C=O) groups excluding carboxylic acids is 1. The third-order valence-corrected chi connectivity index (χ3v) is 1.78. The summed E-state index contributed by atoms with van der Waals surface area (Å²) in [4.78, 5) is 12.7. The van der Waals surface area contributed by atoms with Crippen molar-refractivity contribution in [3.8, 4) is 0 Å². The molecule has 0 radical (unpaired) electrons. The first-order valence-electron chi connectivity index (χ1n) is 3.04. The quantitative estimate of drug-likeness (QED) is 0.489. The van der Waals surface area contributed by atoms with Crippen LogP contribution in [0.5, 0.6) is 0 Å². The van der Waals surface area contributed by atoms with Gasteiger partial charge in [-0.3, -0.25) is 9.69 Å². The molecule has 0 unspecified atom stereocenters. The highest BCUT2D eigenvalue weighted by Crippen LogP contribution is 2.12. The van der Waals surface area contributed by atoms with E-state index in [0.29, 0.717) is 6.54 Å². The Morgan fingerprint density at radius 2 is 2.22 bits per heavy atom. The molecule has 1 rings (SSSR count). The van der Waals surface area contributed by atoms with Crippen LogP contribution in [0, 0.1) is 0 Å². The van der Waals surface area contributed by atoms with E-state index >= 15 is 0 Å². The molecule has 3 nitrogen and oxygen atoms in total. The smallest absolute Gasteiger partial charge is 0.235 e. The van der Waals surface area contributed by atoms with Crippen molar-refractivity contribution in [1.82, 2.24) is 10.2 Å². The van der Waals surface area contributed by atoms with Gasteiger partial charge in [0.25, 0.3) is 0 Å². The first-order chi connectivity index (χ1) is 4.02. The van der Waals surface area contributed by atoms with E-state index in [1.165, 1.54) is 0 Å². The number of amides is 1. The maximum absolute atomic E-state index is 10.7. The Kier molecular flexibility index (Phi) is 1.24. The highest BCUT2D eigenvalue weighted by molar-refractivity contribution is 5.80. The maximum atomic E-state index is 10.7. The van der Waals surface area contributed by atoms with Crippen LogP contribution in [0.15, 0.2) is 0 Å². The molecular formula is C6H12N2O. The van der Waals surface area contributed by atoms with Crippen LogP contribution in [0.4, 0.5) is 0 Å². The van der Waals surface area contributed by atoms with Gasteiger partial charge in [-0.25, -0.2) is 0 Å². The van der Waals surface area contributed by atoms with E-state index in [1.807, 2.05) is 25.8 Å². The number of hydrogen-bond donors (Lipinski definition) is 1. The van der Waals surface area contributed by atoms with Gasteiger partial charge in [0, 0.05) is 0 Å². The third kappa shape index (κ3) is 1.05. The minimum Gasteiger partial charge on any atom is -0.337 e. The van der Waals surface area contributed by atoms with Crippen molar-refractivity contribution >= 4 is 5.91 Å². The summed E-state index contributed by atoms with van der Waals surface area (Å²) in [5.74, 6) is 0.113. The summed E-state index contributed by atoms with van der Waals surface area (Å²) in [6, 6.07) is 0. The number of rotatable bonds is 0. The van der Waals surface area contributed by atoms with Crippen molar-refractivity contribution in [1.29, 1.82) is 0 Å². The molecule has 0 atom stereocenters. The Bertz CT molecular complexity index is 142. The molecular weight excluding hydrogens is 116 g/mol. The fourth-order valence-corrected chi connectivity index (χ4v) is 0.889. The topological polar surface area (TPSA) is 32.3 Å². The minimum atomic E-state index is -0.142. The number of nitrogens with one attached hydrogen (secondary N) is 1. The second-order valence-electron chi connectivity index (χ2n) is 2.96. The lowest BCUT2D eigenvalue weighted by atomic mass is 10.2. The predicted octanol–water partition coefficient (Wildman–Crippen LogP) is -0.216. The van der Waals surface area contributed by atoms with E-state index in [2.05, 4.69) is 5.32 Å². The van der Waals surface area contributed by atoms with Crippen LogP contribution >= 0.6 is 0 Å². The molecule has 1 fully saturated rings. The summed E-state index contributed by atoms with van der Waals surface area (Å²) in [6.45, 7) is 4.49. The van der Waals surface area contributed by atoms with Crippen LogP contribution in [-0.4, -0.2) is 30.1 Å². The zero-order valence-corrected chi connectivity index (χ0v) is 6.06. The molecule has 1 N–H and O–H groups in total. The molecule has 1 amide bonds. The van der Waals surface area contributed by atoms with Crippen molar-refractivity contribution in [2.24, 2.45) is 0 Å². The van der Waals surface area contributed by atoms with Gasteiger partial charge in [0.1, 0.15) is 0 Å². The Morgan fingerprint density at radius 3 is 2.33 bits per heavy atom. The molecule has 0 aromatic rings. The molecule has 0 saturated carbocycles. The molecule has 0 aromatic carbocycles. The molecule has 52 valence electrons. The van der Waals surface area contributed by atoms with Crippen molar-refractivity contribution in [3.63, 3.8) is 0 Å². The first kappa shape index (κ1) is 6.55. The Morgan fingerprint density at radius 1 is 1.67 bits per heavy atom. The normalized spacial score (nSPS) is 26.3. The van der Waals surface area contributed by atoms with Crippen molar-refractivity contribution in [3.05, 3.63) is 0 Å². The van der Waals surface area contributed by atoms with Crippen molar-refractivity contribution < 1.29 is 4.79 Å². The van der Waals surface area contributed by atoms with E-state index in [1.54, 1.807) is 0 Å². The molecule has 0 aliphatic carbocycles. The van der Waals surface area contributed by atoms with E-state index in [-0.39, 0.29) is 11.6 Å². The van der Waals surface area contributed by atoms with Gasteiger partial charge in [0.05, 0.1) is 12.2 Å². The summed E-state index contributed by atoms with van der Waals surface area (Å²) in [5, 5.41) is 2.83. The van der Waals surface area contributed by atoms with Gasteiger partial charge < -0.3 is 5.32 Å². The van der Waals surface area contributed by atoms with Crippen LogP contribution in [0.25, 0.3) is 0 Å². The predicted molar refractivity (Wildman–Crippen MR) is 34.9 cm³/mol. The molecule has 1 saturated heterocycles. The molecule has 0 aromatic heterocycles. The average Bonchev–Trinajstić information content (AvgIpc) is 1.79. The number of likely N-dealkylation sites (N-methyl/N-ethyl adjacent to an activating group) is 1. The lowest BCUT2D eigenvalue weighted by Gasteiger charge is -2.25. The average molecular weight is 128 g/mol. The molecule has 3 heteroatoms. The van der Waals surface area contributed by atoms with E-state index in [4.69, 9.17) is 0 Å². The summed E-state index contributed by atoms with van der Waals surface area (Å²) in [6.07, 6.45) is 0. The second-order valence-corrected chi connectivity index (χ2v) is 2.96. The molecule has 0 bridgehead atoms. The largest absolute Gasteiger partial charge is 0.337 e. The Hall–Kier alpha value is -0.570. The van der Waals surface area contributed by atoms with Crippen LogP contribution in [-0.2, 0) is 4.79 Å².